The number of carbonyl (C=O) groups excluding carboxylic acids is 1. The van der Waals surface area contributed by atoms with Gasteiger partial charge < -0.3 is 9.47 Å². The van der Waals surface area contributed by atoms with Crippen LogP contribution in [-0.4, -0.2) is 38.6 Å². The van der Waals surface area contributed by atoms with Gasteiger partial charge in [0.15, 0.2) is 5.13 Å². The number of amides is 2. The van der Waals surface area contributed by atoms with E-state index >= 15 is 0 Å². The van der Waals surface area contributed by atoms with Crippen molar-refractivity contribution in [2.75, 3.05) is 18.4 Å². The molecule has 0 spiro atoms. The summed E-state index contributed by atoms with van der Waals surface area (Å²) in [6, 6.07) is 3.21. The number of aryl methyl sites for hydroxylation is 1. The van der Waals surface area contributed by atoms with Crippen LogP contribution in [0.5, 0.6) is 0 Å². The third kappa shape index (κ3) is 4.73. The molecule has 156 valence electrons. The fourth-order valence-electron chi connectivity index (χ4n) is 3.33. The van der Waals surface area contributed by atoms with Crippen molar-refractivity contribution in [1.82, 2.24) is 19.4 Å². The van der Waals surface area contributed by atoms with Crippen LogP contribution in [0.3, 0.4) is 0 Å². The first-order valence-electron chi connectivity index (χ1n) is 9.61. The highest BCUT2D eigenvalue weighted by Gasteiger charge is 2.20. The van der Waals surface area contributed by atoms with E-state index in [-0.39, 0.29) is 11.6 Å². The molecule has 30 heavy (non-hydrogen) atoms. The van der Waals surface area contributed by atoms with Gasteiger partial charge in [0.1, 0.15) is 17.5 Å². The Balaban J connectivity index is 1.32. The second kappa shape index (κ2) is 8.74. The number of benzene rings is 1. The minimum atomic E-state index is -0.467. The molecule has 1 aromatic carbocycles. The minimum Gasteiger partial charge on any atom is -0.330 e. The van der Waals surface area contributed by atoms with E-state index in [9.17, 15) is 13.6 Å². The fraction of sp³-hybridized carbons (Fsp3) is 0.286. The molecule has 1 aliphatic heterocycles. The van der Waals surface area contributed by atoms with Gasteiger partial charge in [-0.2, -0.15) is 0 Å². The van der Waals surface area contributed by atoms with Crippen LogP contribution in [0.15, 0.2) is 42.4 Å². The molecule has 0 unspecified atom stereocenters. The number of anilines is 1. The molecule has 1 N–H and O–H groups in total. The van der Waals surface area contributed by atoms with Crippen molar-refractivity contribution in [3.63, 3.8) is 0 Å². The summed E-state index contributed by atoms with van der Waals surface area (Å²) < 4.78 is 29.2. The van der Waals surface area contributed by atoms with Crippen LogP contribution in [0.1, 0.15) is 29.1 Å². The summed E-state index contributed by atoms with van der Waals surface area (Å²) in [5.41, 5.74) is 1.24. The van der Waals surface area contributed by atoms with Gasteiger partial charge in [0.25, 0.3) is 0 Å². The SMILES string of the molecule is Cc1nccn1Cc1cnc(NC(=O)N2CCC(=Cc3cc(F)ccc3F)CC2)s1. The maximum atomic E-state index is 13.8. The highest BCUT2D eigenvalue weighted by Crippen LogP contribution is 2.24. The lowest BCUT2D eigenvalue weighted by Crippen LogP contribution is -2.39. The number of hydrogen-bond acceptors (Lipinski definition) is 4. The van der Waals surface area contributed by atoms with Crippen LogP contribution >= 0.6 is 11.3 Å². The van der Waals surface area contributed by atoms with Gasteiger partial charge in [0.2, 0.25) is 0 Å². The highest BCUT2D eigenvalue weighted by molar-refractivity contribution is 7.15. The van der Waals surface area contributed by atoms with Crippen molar-refractivity contribution in [1.29, 1.82) is 0 Å². The van der Waals surface area contributed by atoms with Crippen molar-refractivity contribution in [2.24, 2.45) is 0 Å². The van der Waals surface area contributed by atoms with E-state index in [1.165, 1.54) is 17.4 Å². The van der Waals surface area contributed by atoms with Gasteiger partial charge in [0.05, 0.1) is 6.54 Å². The fourth-order valence-corrected chi connectivity index (χ4v) is 4.14. The van der Waals surface area contributed by atoms with Crippen molar-refractivity contribution in [2.45, 2.75) is 26.3 Å². The average molecular weight is 429 g/mol. The zero-order valence-corrected chi connectivity index (χ0v) is 17.3. The zero-order valence-electron chi connectivity index (χ0n) is 16.4. The summed E-state index contributed by atoms with van der Waals surface area (Å²) in [6.07, 6.45) is 8.32. The number of nitrogens with zero attached hydrogens (tertiary/aromatic N) is 4. The normalized spacial score (nSPS) is 14.1. The molecule has 1 aliphatic rings. The molecular weight excluding hydrogens is 408 g/mol. The molecule has 4 rings (SSSR count). The second-order valence-electron chi connectivity index (χ2n) is 7.12. The Hall–Kier alpha value is -3.07. The predicted molar refractivity (Wildman–Crippen MR) is 112 cm³/mol. The number of aromatic nitrogens is 3. The largest absolute Gasteiger partial charge is 0.330 e. The summed E-state index contributed by atoms with van der Waals surface area (Å²) in [6.45, 7) is 3.63. The Labute approximate surface area is 176 Å². The molecule has 3 aromatic rings. The molecule has 2 amide bonds. The number of urea groups is 1. The van der Waals surface area contributed by atoms with Crippen LogP contribution in [0.4, 0.5) is 18.7 Å². The van der Waals surface area contributed by atoms with E-state index in [1.807, 2.05) is 17.7 Å². The Kier molecular flexibility index (Phi) is 5.89. The molecule has 0 aliphatic carbocycles. The topological polar surface area (TPSA) is 63.1 Å². The molecule has 6 nitrogen and oxygen atoms in total. The molecule has 3 heterocycles. The lowest BCUT2D eigenvalue weighted by Gasteiger charge is -2.28. The molecule has 2 aromatic heterocycles. The summed E-state index contributed by atoms with van der Waals surface area (Å²) in [5.74, 6) is 0.00453. The Morgan fingerprint density at radius 3 is 2.80 bits per heavy atom. The smallest absolute Gasteiger partial charge is 0.323 e. The van der Waals surface area contributed by atoms with E-state index in [0.717, 1.165) is 28.4 Å². The van der Waals surface area contributed by atoms with E-state index in [4.69, 9.17) is 0 Å². The molecule has 9 heteroatoms. The average Bonchev–Trinajstić information content (AvgIpc) is 3.34. The van der Waals surface area contributed by atoms with Gasteiger partial charge in [-0.1, -0.05) is 23.0 Å². The number of hydrogen-bond donors (Lipinski definition) is 1. The molecule has 1 fully saturated rings. The Bertz CT molecular complexity index is 1080. The molecule has 0 radical (unpaired) electrons. The third-order valence-electron chi connectivity index (χ3n) is 5.03. The third-order valence-corrected chi connectivity index (χ3v) is 5.93. The number of thiazole rings is 1. The molecule has 0 atom stereocenters. The molecule has 1 saturated heterocycles. The van der Waals surface area contributed by atoms with Crippen LogP contribution in [0, 0.1) is 18.6 Å². The first-order chi connectivity index (χ1) is 14.5. The van der Waals surface area contributed by atoms with E-state index in [1.54, 1.807) is 23.4 Å². The quantitative estimate of drug-likeness (QED) is 0.655. The van der Waals surface area contributed by atoms with Crippen LogP contribution in [0.2, 0.25) is 0 Å². The van der Waals surface area contributed by atoms with Gasteiger partial charge in [-0.25, -0.2) is 23.5 Å². The molecule has 0 bridgehead atoms. The first kappa shape index (κ1) is 20.2. The number of imidazole rings is 1. The maximum Gasteiger partial charge on any atom is 0.323 e. The van der Waals surface area contributed by atoms with Crippen LogP contribution in [-0.2, 0) is 6.54 Å². The first-order valence-corrected chi connectivity index (χ1v) is 10.4. The van der Waals surface area contributed by atoms with Crippen LogP contribution in [0.25, 0.3) is 6.08 Å². The Morgan fingerprint density at radius 2 is 2.07 bits per heavy atom. The lowest BCUT2D eigenvalue weighted by molar-refractivity contribution is 0.208. The van der Waals surface area contributed by atoms with Gasteiger partial charge in [-0.15, -0.1) is 0 Å². The van der Waals surface area contributed by atoms with Gasteiger partial charge in [-0.05, 0) is 38.0 Å². The van der Waals surface area contributed by atoms with Crippen molar-refractivity contribution < 1.29 is 13.6 Å². The summed E-state index contributed by atoms with van der Waals surface area (Å²) in [7, 11) is 0. The number of carbonyl (C=O) groups is 1. The molecular formula is C21H21F2N5OS. The van der Waals surface area contributed by atoms with Crippen molar-refractivity contribution >= 4 is 28.6 Å². The number of likely N-dealkylation sites (tertiary alicyclic amines) is 1. The summed E-state index contributed by atoms with van der Waals surface area (Å²) in [4.78, 5) is 23.8. The van der Waals surface area contributed by atoms with Gasteiger partial charge in [0, 0.05) is 42.1 Å². The number of halogens is 2. The number of rotatable bonds is 4. The molecule has 0 saturated carbocycles. The minimum absolute atomic E-state index is 0.203. The van der Waals surface area contributed by atoms with Gasteiger partial charge in [-0.3, -0.25) is 5.32 Å². The second-order valence-corrected chi connectivity index (χ2v) is 8.23. The predicted octanol–water partition coefficient (Wildman–Crippen LogP) is 4.69. The monoisotopic (exact) mass is 429 g/mol. The number of nitrogens with one attached hydrogen (secondary N) is 1. The van der Waals surface area contributed by atoms with Crippen molar-refractivity contribution in [3.8, 4) is 0 Å². The van der Waals surface area contributed by atoms with Gasteiger partial charge >= 0.3 is 6.03 Å². The highest BCUT2D eigenvalue weighted by atomic mass is 32.1. The maximum absolute atomic E-state index is 13.8. The van der Waals surface area contributed by atoms with E-state index in [0.29, 0.717) is 37.6 Å². The van der Waals surface area contributed by atoms with Crippen LogP contribution < -0.4 is 5.32 Å². The standard InChI is InChI=1S/C21H21F2N5OS/c1-14-24-6-9-28(14)13-18-12-25-20(30-18)26-21(29)27-7-4-15(5-8-27)10-16-11-17(22)2-3-19(16)23/h2-3,6,9-12H,4-5,7-8,13H2,1H3,(H,25,26,29). The summed E-state index contributed by atoms with van der Waals surface area (Å²) >= 11 is 1.43. The summed E-state index contributed by atoms with van der Waals surface area (Å²) in [5, 5.41) is 3.40. The van der Waals surface area contributed by atoms with Crippen molar-refractivity contribution in [3.05, 3.63) is 70.3 Å². The zero-order chi connectivity index (χ0) is 21.1. The lowest BCUT2D eigenvalue weighted by atomic mass is 10.0. The number of piperidine rings is 1. The van der Waals surface area contributed by atoms with E-state index in [2.05, 4.69) is 15.3 Å². The van der Waals surface area contributed by atoms with E-state index < -0.39 is 11.6 Å². The Morgan fingerprint density at radius 1 is 1.27 bits per heavy atom.